The molecule has 1 saturated carbocycles. The van der Waals surface area contributed by atoms with Gasteiger partial charge in [0.2, 0.25) is 5.95 Å². The molecule has 2 aliphatic rings. The summed E-state index contributed by atoms with van der Waals surface area (Å²) in [5, 5.41) is 6.38. The first-order valence-electron chi connectivity index (χ1n) is 10.3. The van der Waals surface area contributed by atoms with Gasteiger partial charge in [-0.3, -0.25) is 4.79 Å². The molecular weight excluding hydrogens is 371 g/mol. The van der Waals surface area contributed by atoms with Crippen molar-refractivity contribution in [2.24, 2.45) is 5.92 Å². The zero-order chi connectivity index (χ0) is 20.4. The number of hydrogen-bond acceptors (Lipinski definition) is 6. The van der Waals surface area contributed by atoms with Crippen LogP contribution in [0.4, 0.5) is 16.2 Å². The number of hydrogen-bond donors (Lipinski definition) is 2. The number of fused-ring (bicyclic) bond motifs is 1. The maximum absolute atomic E-state index is 13.1. The molecule has 1 fully saturated rings. The molecule has 29 heavy (non-hydrogen) atoms. The smallest absolute Gasteiger partial charge is 0.255 e. The lowest BCUT2D eigenvalue weighted by atomic mass is 10.0. The van der Waals surface area contributed by atoms with Crippen molar-refractivity contribution in [1.29, 1.82) is 0 Å². The highest BCUT2D eigenvalue weighted by molar-refractivity contribution is 5.99. The van der Waals surface area contributed by atoms with Crippen LogP contribution in [-0.4, -0.2) is 46.5 Å². The summed E-state index contributed by atoms with van der Waals surface area (Å²) in [4.78, 5) is 27.9. The molecule has 1 aliphatic heterocycles. The number of carbonyl (C=O) groups excluding carboxylic acids is 1. The minimum Gasteiger partial charge on any atom is -0.367 e. The number of amides is 1. The summed E-state index contributed by atoms with van der Waals surface area (Å²) in [6.45, 7) is 6.19. The van der Waals surface area contributed by atoms with Gasteiger partial charge in [-0.1, -0.05) is 0 Å². The summed E-state index contributed by atoms with van der Waals surface area (Å²) < 4.78 is 13.1. The van der Waals surface area contributed by atoms with E-state index in [-0.39, 0.29) is 11.9 Å². The SMILES string of the molecule is CC(C)Nc1nc2c(cc1C(=O)NCC1CC1)CCN(c1ncc(F)cn1)CC2. The van der Waals surface area contributed by atoms with Gasteiger partial charge in [0, 0.05) is 37.8 Å². The van der Waals surface area contributed by atoms with Crippen molar-refractivity contribution in [2.75, 3.05) is 29.9 Å². The summed E-state index contributed by atoms with van der Waals surface area (Å²) in [6, 6.07) is 2.15. The van der Waals surface area contributed by atoms with Crippen LogP contribution in [0.1, 0.15) is 48.3 Å². The third-order valence-electron chi connectivity index (χ3n) is 5.27. The predicted molar refractivity (Wildman–Crippen MR) is 110 cm³/mol. The molecule has 2 aromatic heterocycles. The van der Waals surface area contributed by atoms with Crippen LogP contribution in [-0.2, 0) is 12.8 Å². The Morgan fingerprint density at radius 3 is 2.66 bits per heavy atom. The molecule has 0 spiro atoms. The molecule has 0 atom stereocenters. The van der Waals surface area contributed by atoms with Gasteiger partial charge in [0.15, 0.2) is 5.82 Å². The van der Waals surface area contributed by atoms with E-state index in [4.69, 9.17) is 4.98 Å². The third kappa shape index (κ3) is 4.81. The number of carbonyl (C=O) groups is 1. The molecule has 2 aromatic rings. The number of aromatic nitrogens is 3. The van der Waals surface area contributed by atoms with E-state index in [0.29, 0.717) is 42.8 Å². The summed E-state index contributed by atoms with van der Waals surface area (Å²) in [5.41, 5.74) is 2.65. The quantitative estimate of drug-likeness (QED) is 0.778. The third-order valence-corrected chi connectivity index (χ3v) is 5.27. The zero-order valence-corrected chi connectivity index (χ0v) is 16.9. The maximum atomic E-state index is 13.1. The molecule has 3 heterocycles. The number of nitrogens with zero attached hydrogens (tertiary/aromatic N) is 4. The van der Waals surface area contributed by atoms with Gasteiger partial charge in [-0.15, -0.1) is 0 Å². The first-order valence-corrected chi connectivity index (χ1v) is 10.3. The first kappa shape index (κ1) is 19.5. The summed E-state index contributed by atoms with van der Waals surface area (Å²) >= 11 is 0. The summed E-state index contributed by atoms with van der Waals surface area (Å²) in [5.74, 6) is 1.26. The van der Waals surface area contributed by atoms with E-state index in [2.05, 4.69) is 20.6 Å². The molecule has 8 heteroatoms. The fraction of sp³-hybridized carbons (Fsp3) is 0.524. The van der Waals surface area contributed by atoms with Crippen LogP contribution in [0.3, 0.4) is 0 Å². The Hall–Kier alpha value is -2.77. The van der Waals surface area contributed by atoms with Crippen LogP contribution < -0.4 is 15.5 Å². The van der Waals surface area contributed by atoms with Gasteiger partial charge >= 0.3 is 0 Å². The van der Waals surface area contributed by atoms with Gasteiger partial charge in [-0.25, -0.2) is 19.3 Å². The number of pyridine rings is 1. The molecule has 0 unspecified atom stereocenters. The van der Waals surface area contributed by atoms with E-state index in [1.807, 2.05) is 24.8 Å². The van der Waals surface area contributed by atoms with Gasteiger partial charge < -0.3 is 15.5 Å². The Kier molecular flexibility index (Phi) is 5.60. The minimum absolute atomic E-state index is 0.0710. The van der Waals surface area contributed by atoms with Gasteiger partial charge in [0.1, 0.15) is 5.82 Å². The average molecular weight is 398 g/mol. The van der Waals surface area contributed by atoms with E-state index in [9.17, 15) is 9.18 Å². The highest BCUT2D eigenvalue weighted by Gasteiger charge is 2.25. The van der Waals surface area contributed by atoms with Gasteiger partial charge in [-0.05, 0) is 50.7 Å². The largest absolute Gasteiger partial charge is 0.367 e. The second-order valence-corrected chi connectivity index (χ2v) is 8.13. The van der Waals surface area contributed by atoms with Crippen molar-refractivity contribution < 1.29 is 9.18 Å². The maximum Gasteiger partial charge on any atom is 0.255 e. The molecule has 2 N–H and O–H groups in total. The van der Waals surface area contributed by atoms with E-state index in [1.165, 1.54) is 25.2 Å². The lowest BCUT2D eigenvalue weighted by Gasteiger charge is -2.19. The van der Waals surface area contributed by atoms with E-state index < -0.39 is 5.82 Å². The predicted octanol–water partition coefficient (Wildman–Crippen LogP) is 2.58. The molecule has 154 valence electrons. The normalized spacial score (nSPS) is 16.3. The fourth-order valence-electron chi connectivity index (χ4n) is 3.51. The Labute approximate surface area is 170 Å². The number of anilines is 2. The Bertz CT molecular complexity index is 881. The molecule has 4 rings (SSSR count). The van der Waals surface area contributed by atoms with Crippen molar-refractivity contribution in [3.63, 3.8) is 0 Å². The van der Waals surface area contributed by atoms with Crippen LogP contribution in [0.2, 0.25) is 0 Å². The lowest BCUT2D eigenvalue weighted by Crippen LogP contribution is -2.28. The van der Waals surface area contributed by atoms with Crippen LogP contribution in [0.5, 0.6) is 0 Å². The van der Waals surface area contributed by atoms with E-state index in [1.54, 1.807) is 0 Å². The van der Waals surface area contributed by atoms with Crippen molar-refractivity contribution in [2.45, 2.75) is 45.6 Å². The van der Waals surface area contributed by atoms with Gasteiger partial charge in [-0.2, -0.15) is 0 Å². The summed E-state index contributed by atoms with van der Waals surface area (Å²) in [6.07, 6.45) is 6.21. The topological polar surface area (TPSA) is 83.0 Å². The summed E-state index contributed by atoms with van der Waals surface area (Å²) in [7, 11) is 0. The van der Waals surface area contributed by atoms with Gasteiger partial charge in [0.25, 0.3) is 5.91 Å². The Morgan fingerprint density at radius 2 is 1.97 bits per heavy atom. The molecule has 1 amide bonds. The molecule has 0 aromatic carbocycles. The Balaban J connectivity index is 1.56. The number of nitrogens with one attached hydrogen (secondary N) is 2. The average Bonchev–Trinajstić information content (AvgIpc) is 3.53. The molecule has 0 saturated heterocycles. The van der Waals surface area contributed by atoms with Crippen molar-refractivity contribution in [1.82, 2.24) is 20.3 Å². The van der Waals surface area contributed by atoms with Crippen LogP contribution in [0, 0.1) is 11.7 Å². The second-order valence-electron chi connectivity index (χ2n) is 8.13. The molecule has 7 nitrogen and oxygen atoms in total. The second kappa shape index (κ2) is 8.31. The lowest BCUT2D eigenvalue weighted by molar-refractivity contribution is 0.0952. The van der Waals surface area contributed by atoms with Gasteiger partial charge in [0.05, 0.1) is 18.0 Å². The van der Waals surface area contributed by atoms with Crippen LogP contribution >= 0.6 is 0 Å². The molecule has 0 bridgehead atoms. The van der Waals surface area contributed by atoms with E-state index in [0.717, 1.165) is 24.2 Å². The standard InChI is InChI=1S/C21H27FN6O/c1-13(2)26-19-17(20(29)23-10-14-3-4-14)9-15-5-7-28(8-6-18(15)27-19)21-24-11-16(22)12-25-21/h9,11-14H,3-8,10H2,1-2H3,(H,23,29)(H,26,27). The fourth-order valence-corrected chi connectivity index (χ4v) is 3.51. The Morgan fingerprint density at radius 1 is 1.24 bits per heavy atom. The molecular formula is C21H27FN6O. The highest BCUT2D eigenvalue weighted by Crippen LogP contribution is 2.28. The molecule has 0 radical (unpaired) electrons. The number of rotatable bonds is 6. The number of halogens is 1. The van der Waals surface area contributed by atoms with Crippen LogP contribution in [0.25, 0.3) is 0 Å². The highest BCUT2D eigenvalue weighted by atomic mass is 19.1. The first-order chi connectivity index (χ1) is 14.0. The van der Waals surface area contributed by atoms with E-state index >= 15 is 0 Å². The molecule has 1 aliphatic carbocycles. The van der Waals surface area contributed by atoms with Crippen LogP contribution in [0.15, 0.2) is 18.5 Å². The monoisotopic (exact) mass is 398 g/mol. The minimum atomic E-state index is -0.445. The van der Waals surface area contributed by atoms with Crippen molar-refractivity contribution in [3.05, 3.63) is 41.1 Å². The van der Waals surface area contributed by atoms with Crippen molar-refractivity contribution >= 4 is 17.7 Å². The van der Waals surface area contributed by atoms with Crippen molar-refractivity contribution in [3.8, 4) is 0 Å². The zero-order valence-electron chi connectivity index (χ0n) is 16.9.